The molecule has 3 N–H and O–H groups in total. The first-order chi connectivity index (χ1) is 9.02. The Balaban J connectivity index is 2.22. The van der Waals surface area contributed by atoms with E-state index in [4.69, 9.17) is 5.84 Å². The van der Waals surface area contributed by atoms with Gasteiger partial charge in [-0.2, -0.15) is 0 Å². The topological polar surface area (TPSA) is 38.0 Å². The number of rotatable bonds is 3. The fourth-order valence-corrected chi connectivity index (χ4v) is 3.51. The van der Waals surface area contributed by atoms with Crippen molar-refractivity contribution < 1.29 is 0 Å². The molecule has 3 heteroatoms. The Morgan fingerprint density at radius 2 is 1.68 bits per heavy atom. The molecule has 0 amide bonds. The summed E-state index contributed by atoms with van der Waals surface area (Å²) in [5, 5.41) is 0. The molecule has 0 heterocycles. The zero-order valence-electron chi connectivity index (χ0n) is 12.2. The van der Waals surface area contributed by atoms with Crippen LogP contribution < -0.4 is 11.3 Å². The number of nitrogens with one attached hydrogen (secondary N) is 1. The van der Waals surface area contributed by atoms with E-state index in [2.05, 4.69) is 54.3 Å². The fourth-order valence-electron chi connectivity index (χ4n) is 3.28. The SMILES string of the molecule is Cc1cc(C(NN)C2CCC(C)CC2)cc(C)c1Br. The highest BCUT2D eigenvalue weighted by molar-refractivity contribution is 9.10. The first-order valence-corrected chi connectivity index (χ1v) is 8.05. The first-order valence-electron chi connectivity index (χ1n) is 7.25. The summed E-state index contributed by atoms with van der Waals surface area (Å²) in [7, 11) is 0. The second-order valence-corrected chi connectivity index (χ2v) is 6.93. The summed E-state index contributed by atoms with van der Waals surface area (Å²) in [5.41, 5.74) is 6.98. The van der Waals surface area contributed by atoms with Crippen LogP contribution in [0.4, 0.5) is 0 Å². The quantitative estimate of drug-likeness (QED) is 0.639. The molecule has 1 aromatic carbocycles. The molecular weight excluding hydrogens is 300 g/mol. The van der Waals surface area contributed by atoms with Crippen LogP contribution in [0.5, 0.6) is 0 Å². The van der Waals surface area contributed by atoms with E-state index in [1.54, 1.807) is 0 Å². The molecule has 2 rings (SSSR count). The molecule has 1 aliphatic rings. The average molecular weight is 325 g/mol. The summed E-state index contributed by atoms with van der Waals surface area (Å²) in [5.74, 6) is 7.39. The molecule has 1 aliphatic carbocycles. The number of hydrogen-bond acceptors (Lipinski definition) is 2. The number of benzene rings is 1. The Morgan fingerprint density at radius 1 is 1.16 bits per heavy atom. The molecule has 0 aromatic heterocycles. The van der Waals surface area contributed by atoms with Gasteiger partial charge in [0, 0.05) is 10.5 Å². The lowest BCUT2D eigenvalue weighted by molar-refractivity contribution is 0.232. The third-order valence-corrected chi connectivity index (χ3v) is 5.78. The highest BCUT2D eigenvalue weighted by atomic mass is 79.9. The van der Waals surface area contributed by atoms with Crippen LogP contribution in [-0.2, 0) is 0 Å². The minimum Gasteiger partial charge on any atom is -0.271 e. The lowest BCUT2D eigenvalue weighted by atomic mass is 9.77. The summed E-state index contributed by atoms with van der Waals surface area (Å²) in [6.45, 7) is 6.66. The van der Waals surface area contributed by atoms with Crippen molar-refractivity contribution in [1.29, 1.82) is 0 Å². The van der Waals surface area contributed by atoms with E-state index in [0.717, 1.165) is 5.92 Å². The third-order valence-electron chi connectivity index (χ3n) is 4.53. The molecule has 1 fully saturated rings. The molecule has 106 valence electrons. The molecule has 0 aliphatic heterocycles. The van der Waals surface area contributed by atoms with Gasteiger partial charge in [0.25, 0.3) is 0 Å². The molecule has 1 unspecified atom stereocenters. The molecule has 1 atom stereocenters. The van der Waals surface area contributed by atoms with E-state index in [1.165, 1.54) is 46.8 Å². The van der Waals surface area contributed by atoms with Gasteiger partial charge < -0.3 is 0 Å². The predicted molar refractivity (Wildman–Crippen MR) is 84.8 cm³/mol. The number of halogens is 1. The van der Waals surface area contributed by atoms with Crippen LogP contribution in [0.15, 0.2) is 16.6 Å². The van der Waals surface area contributed by atoms with E-state index in [1.807, 2.05) is 0 Å². The summed E-state index contributed by atoms with van der Waals surface area (Å²) < 4.78 is 1.21. The zero-order chi connectivity index (χ0) is 14.0. The van der Waals surface area contributed by atoms with Gasteiger partial charge in [-0.1, -0.05) is 47.8 Å². The Morgan fingerprint density at radius 3 is 2.16 bits per heavy atom. The average Bonchev–Trinajstić information content (AvgIpc) is 2.39. The van der Waals surface area contributed by atoms with Crippen LogP contribution in [-0.4, -0.2) is 0 Å². The Bertz CT molecular complexity index is 413. The second kappa shape index (κ2) is 6.38. The van der Waals surface area contributed by atoms with Gasteiger partial charge in [0.15, 0.2) is 0 Å². The molecule has 0 radical (unpaired) electrons. The maximum absolute atomic E-state index is 5.85. The van der Waals surface area contributed by atoms with Crippen molar-refractivity contribution >= 4 is 15.9 Å². The van der Waals surface area contributed by atoms with Crippen LogP contribution >= 0.6 is 15.9 Å². The molecule has 2 nitrogen and oxygen atoms in total. The fraction of sp³-hybridized carbons (Fsp3) is 0.625. The van der Waals surface area contributed by atoms with Gasteiger partial charge >= 0.3 is 0 Å². The highest BCUT2D eigenvalue weighted by Gasteiger charge is 2.27. The maximum atomic E-state index is 5.85. The molecule has 1 saturated carbocycles. The van der Waals surface area contributed by atoms with Crippen molar-refractivity contribution in [3.05, 3.63) is 33.3 Å². The summed E-state index contributed by atoms with van der Waals surface area (Å²) >= 11 is 3.64. The Hall–Kier alpha value is -0.380. The Labute approximate surface area is 125 Å². The number of aryl methyl sites for hydroxylation is 2. The molecule has 0 saturated heterocycles. The third kappa shape index (κ3) is 3.39. The van der Waals surface area contributed by atoms with Gasteiger partial charge in [0.2, 0.25) is 0 Å². The van der Waals surface area contributed by atoms with E-state index < -0.39 is 0 Å². The van der Waals surface area contributed by atoms with Crippen molar-refractivity contribution in [1.82, 2.24) is 5.43 Å². The van der Waals surface area contributed by atoms with E-state index in [-0.39, 0.29) is 6.04 Å². The second-order valence-electron chi connectivity index (χ2n) is 6.13. The van der Waals surface area contributed by atoms with Crippen LogP contribution in [0.1, 0.15) is 55.3 Å². The van der Waals surface area contributed by atoms with Crippen LogP contribution in [0.3, 0.4) is 0 Å². The van der Waals surface area contributed by atoms with Crippen molar-refractivity contribution in [2.75, 3.05) is 0 Å². The van der Waals surface area contributed by atoms with E-state index in [9.17, 15) is 0 Å². The van der Waals surface area contributed by atoms with E-state index in [0.29, 0.717) is 5.92 Å². The van der Waals surface area contributed by atoms with Crippen molar-refractivity contribution in [3.63, 3.8) is 0 Å². The first kappa shape index (κ1) is 15.0. The smallest absolute Gasteiger partial charge is 0.0488 e. The molecule has 1 aromatic rings. The van der Waals surface area contributed by atoms with Crippen LogP contribution in [0, 0.1) is 25.7 Å². The molecule has 19 heavy (non-hydrogen) atoms. The largest absolute Gasteiger partial charge is 0.271 e. The highest BCUT2D eigenvalue weighted by Crippen LogP contribution is 2.37. The monoisotopic (exact) mass is 324 g/mol. The number of hydrogen-bond donors (Lipinski definition) is 2. The van der Waals surface area contributed by atoms with Crippen molar-refractivity contribution in [2.24, 2.45) is 17.7 Å². The normalized spacial score (nSPS) is 25.3. The van der Waals surface area contributed by atoms with E-state index >= 15 is 0 Å². The molecular formula is C16H25BrN2. The van der Waals surface area contributed by atoms with Gasteiger partial charge in [-0.3, -0.25) is 11.3 Å². The summed E-state index contributed by atoms with van der Waals surface area (Å²) in [4.78, 5) is 0. The number of nitrogens with two attached hydrogens (primary N) is 1. The number of hydrazine groups is 1. The Kier molecular flexibility index (Phi) is 5.04. The lowest BCUT2D eigenvalue weighted by Gasteiger charge is -2.33. The minimum absolute atomic E-state index is 0.290. The standard InChI is InChI=1S/C16H25BrN2/c1-10-4-6-13(7-5-10)16(19-18)14-8-11(2)15(17)12(3)9-14/h8-10,13,16,19H,4-7,18H2,1-3H3. The van der Waals surface area contributed by atoms with Gasteiger partial charge in [0.05, 0.1) is 0 Å². The van der Waals surface area contributed by atoms with Crippen LogP contribution in [0.2, 0.25) is 0 Å². The predicted octanol–water partition coefficient (Wildman–Crippen LogP) is 4.40. The summed E-state index contributed by atoms with van der Waals surface area (Å²) in [6, 6.07) is 4.82. The van der Waals surface area contributed by atoms with Gasteiger partial charge in [-0.25, -0.2) is 0 Å². The summed E-state index contributed by atoms with van der Waals surface area (Å²) in [6.07, 6.45) is 5.23. The lowest BCUT2D eigenvalue weighted by Crippen LogP contribution is -2.35. The van der Waals surface area contributed by atoms with Crippen LogP contribution in [0.25, 0.3) is 0 Å². The van der Waals surface area contributed by atoms with Gasteiger partial charge in [0.1, 0.15) is 0 Å². The van der Waals surface area contributed by atoms with Gasteiger partial charge in [-0.15, -0.1) is 0 Å². The van der Waals surface area contributed by atoms with Gasteiger partial charge in [-0.05, 0) is 55.2 Å². The zero-order valence-corrected chi connectivity index (χ0v) is 13.8. The van der Waals surface area contributed by atoms with Crippen molar-refractivity contribution in [3.8, 4) is 0 Å². The van der Waals surface area contributed by atoms with Crippen molar-refractivity contribution in [2.45, 2.75) is 52.5 Å². The minimum atomic E-state index is 0.290. The molecule has 0 bridgehead atoms. The molecule has 0 spiro atoms. The maximum Gasteiger partial charge on any atom is 0.0488 e.